The second-order valence-electron chi connectivity index (χ2n) is 3.93. The number of benzene rings is 1. The van der Waals surface area contributed by atoms with E-state index in [2.05, 4.69) is 27.8 Å². The number of hydrogen-bond acceptors (Lipinski definition) is 5. The summed E-state index contributed by atoms with van der Waals surface area (Å²) in [6, 6.07) is 10.3. The Morgan fingerprint density at radius 2 is 2.06 bits per heavy atom. The Morgan fingerprint density at radius 1 is 1.22 bits per heavy atom. The van der Waals surface area contributed by atoms with Gasteiger partial charge >= 0.3 is 5.88 Å². The van der Waals surface area contributed by atoms with Crippen molar-refractivity contribution in [3.05, 3.63) is 47.3 Å². The maximum absolute atomic E-state index is 9.89. The Balaban J connectivity index is 1.72. The number of rotatable bonds is 6. The molecule has 0 aliphatic carbocycles. The summed E-state index contributed by atoms with van der Waals surface area (Å²) in [6.45, 7) is 0.741. The minimum Gasteiger partial charge on any atom is -0.775 e. The summed E-state index contributed by atoms with van der Waals surface area (Å²) in [5.74, 6) is 0.132. The largest absolute Gasteiger partial charge is 0.775 e. The summed E-state index contributed by atoms with van der Waals surface area (Å²) in [5, 5.41) is 19.2. The van der Waals surface area contributed by atoms with Crippen molar-refractivity contribution >= 4 is 5.88 Å². The SMILES string of the molecule is [O-]/N=N/c1c[n+](CCCCc2ccccc2)no1. The topological polar surface area (TPSA) is 77.7 Å². The van der Waals surface area contributed by atoms with Crippen LogP contribution in [0.15, 0.2) is 51.4 Å². The lowest BCUT2D eigenvalue weighted by Gasteiger charge is -1.97. The molecule has 2 aromatic rings. The molecule has 0 fully saturated rings. The fourth-order valence-electron chi connectivity index (χ4n) is 1.71. The van der Waals surface area contributed by atoms with E-state index in [4.69, 9.17) is 4.52 Å². The third-order valence-corrected chi connectivity index (χ3v) is 2.58. The zero-order valence-corrected chi connectivity index (χ0v) is 9.90. The molecule has 0 saturated heterocycles. The van der Waals surface area contributed by atoms with E-state index in [0.29, 0.717) is 0 Å². The van der Waals surface area contributed by atoms with Crippen molar-refractivity contribution in [3.8, 4) is 0 Å². The standard InChI is InChI=1S/C12H14N4O2/c17-14-13-12-10-16(15-18-12)9-5-4-8-11-6-2-1-3-7-11/h1-3,6-7,10H,4-5,8-9H2. The first-order valence-electron chi connectivity index (χ1n) is 5.82. The van der Waals surface area contributed by atoms with Crippen molar-refractivity contribution in [3.63, 3.8) is 0 Å². The molecular weight excluding hydrogens is 232 g/mol. The smallest absolute Gasteiger partial charge is 0.339 e. The van der Waals surface area contributed by atoms with Gasteiger partial charge in [0.25, 0.3) is 6.20 Å². The molecule has 0 saturated carbocycles. The van der Waals surface area contributed by atoms with Crippen LogP contribution in [0.5, 0.6) is 0 Å². The van der Waals surface area contributed by atoms with Crippen LogP contribution in [0.25, 0.3) is 0 Å². The van der Waals surface area contributed by atoms with Gasteiger partial charge in [0.1, 0.15) is 0 Å². The molecule has 1 aromatic heterocycles. The Bertz CT molecular complexity index is 496. The third kappa shape index (κ3) is 3.65. The van der Waals surface area contributed by atoms with E-state index < -0.39 is 0 Å². The maximum Gasteiger partial charge on any atom is 0.339 e. The monoisotopic (exact) mass is 246 g/mol. The van der Waals surface area contributed by atoms with Crippen LogP contribution >= 0.6 is 0 Å². The van der Waals surface area contributed by atoms with Gasteiger partial charge in [-0.1, -0.05) is 35.0 Å². The van der Waals surface area contributed by atoms with Gasteiger partial charge in [-0.05, 0) is 18.4 Å². The van der Waals surface area contributed by atoms with Gasteiger partial charge in [-0.3, -0.25) is 4.52 Å². The van der Waals surface area contributed by atoms with Crippen LogP contribution < -0.4 is 4.68 Å². The van der Waals surface area contributed by atoms with Gasteiger partial charge in [0.05, 0.1) is 0 Å². The highest BCUT2D eigenvalue weighted by Crippen LogP contribution is 2.07. The number of aromatic nitrogens is 2. The fraction of sp³-hybridized carbons (Fsp3) is 0.333. The predicted octanol–water partition coefficient (Wildman–Crippen LogP) is 2.57. The molecule has 1 aromatic carbocycles. The molecule has 6 heteroatoms. The molecule has 0 N–H and O–H groups in total. The summed E-state index contributed by atoms with van der Waals surface area (Å²) in [7, 11) is 0. The van der Waals surface area contributed by atoms with E-state index in [1.807, 2.05) is 18.2 Å². The molecule has 0 radical (unpaired) electrons. The summed E-state index contributed by atoms with van der Waals surface area (Å²) in [4.78, 5) is 0. The summed E-state index contributed by atoms with van der Waals surface area (Å²) >= 11 is 0. The van der Waals surface area contributed by atoms with Crippen molar-refractivity contribution < 1.29 is 9.20 Å². The highest BCUT2D eigenvalue weighted by atomic mass is 16.5. The van der Waals surface area contributed by atoms with Crippen molar-refractivity contribution in [2.24, 2.45) is 10.4 Å². The van der Waals surface area contributed by atoms with Crippen LogP contribution in [0.2, 0.25) is 0 Å². The molecule has 94 valence electrons. The van der Waals surface area contributed by atoms with Crippen molar-refractivity contribution in [2.45, 2.75) is 25.8 Å². The van der Waals surface area contributed by atoms with Gasteiger partial charge in [0.2, 0.25) is 5.27 Å². The first kappa shape index (κ1) is 12.2. The predicted molar refractivity (Wildman–Crippen MR) is 64.0 cm³/mol. The van der Waals surface area contributed by atoms with Crippen LogP contribution in [0, 0.1) is 5.21 Å². The van der Waals surface area contributed by atoms with Gasteiger partial charge in [-0.25, -0.2) is 5.28 Å². The fourth-order valence-corrected chi connectivity index (χ4v) is 1.71. The van der Waals surface area contributed by atoms with E-state index in [-0.39, 0.29) is 5.88 Å². The van der Waals surface area contributed by atoms with E-state index in [0.717, 1.165) is 25.8 Å². The molecule has 6 nitrogen and oxygen atoms in total. The Hall–Kier alpha value is -2.24. The van der Waals surface area contributed by atoms with Gasteiger partial charge in [0, 0.05) is 6.42 Å². The van der Waals surface area contributed by atoms with Crippen LogP contribution in [0.1, 0.15) is 18.4 Å². The molecule has 0 bridgehead atoms. The third-order valence-electron chi connectivity index (χ3n) is 2.58. The second kappa shape index (κ2) is 6.48. The van der Waals surface area contributed by atoms with E-state index in [1.54, 1.807) is 10.9 Å². The molecule has 0 aliphatic rings. The van der Waals surface area contributed by atoms with Crippen LogP contribution in [0.3, 0.4) is 0 Å². The molecule has 0 amide bonds. The summed E-state index contributed by atoms with van der Waals surface area (Å²) in [5.41, 5.74) is 1.34. The molecule has 2 rings (SSSR count). The van der Waals surface area contributed by atoms with Crippen molar-refractivity contribution in [2.75, 3.05) is 0 Å². The second-order valence-corrected chi connectivity index (χ2v) is 3.93. The lowest BCUT2D eigenvalue weighted by atomic mass is 10.1. The molecule has 0 atom stereocenters. The van der Waals surface area contributed by atoms with E-state index in [1.165, 1.54) is 5.56 Å². The molecule has 0 aliphatic heterocycles. The molecular formula is C12H14N4O2. The van der Waals surface area contributed by atoms with E-state index in [9.17, 15) is 5.21 Å². The lowest BCUT2D eigenvalue weighted by Crippen LogP contribution is -2.34. The summed E-state index contributed by atoms with van der Waals surface area (Å²) < 4.78 is 6.39. The Labute approximate surface area is 105 Å². The maximum atomic E-state index is 9.89. The van der Waals surface area contributed by atoms with E-state index >= 15 is 0 Å². The highest BCUT2D eigenvalue weighted by Gasteiger charge is 2.09. The van der Waals surface area contributed by atoms with Gasteiger partial charge < -0.3 is 5.21 Å². The van der Waals surface area contributed by atoms with Crippen LogP contribution in [-0.2, 0) is 13.0 Å². The molecule has 1 heterocycles. The number of nitrogens with zero attached hydrogens (tertiary/aromatic N) is 4. The molecule has 18 heavy (non-hydrogen) atoms. The number of aryl methyl sites for hydroxylation is 2. The number of unbranched alkanes of at least 4 members (excludes halogenated alkanes) is 1. The highest BCUT2D eigenvalue weighted by molar-refractivity contribution is 5.14. The van der Waals surface area contributed by atoms with Crippen molar-refractivity contribution in [1.82, 2.24) is 5.27 Å². The van der Waals surface area contributed by atoms with Crippen LogP contribution in [0.4, 0.5) is 5.88 Å². The van der Waals surface area contributed by atoms with Gasteiger partial charge in [-0.2, -0.15) is 0 Å². The first-order chi connectivity index (χ1) is 8.88. The lowest BCUT2D eigenvalue weighted by molar-refractivity contribution is -0.762. The minimum atomic E-state index is 0.132. The van der Waals surface area contributed by atoms with Gasteiger partial charge in [-0.15, -0.1) is 5.11 Å². The molecule has 0 unspecified atom stereocenters. The van der Waals surface area contributed by atoms with Gasteiger partial charge in [0.15, 0.2) is 6.54 Å². The molecule has 0 spiro atoms. The minimum absolute atomic E-state index is 0.132. The van der Waals surface area contributed by atoms with Crippen LogP contribution in [-0.4, -0.2) is 5.27 Å². The first-order valence-corrected chi connectivity index (χ1v) is 5.82. The average molecular weight is 246 g/mol. The normalized spacial score (nSPS) is 11.1. The quantitative estimate of drug-likeness (QED) is 0.340. The number of hydrogen-bond donors (Lipinski definition) is 0. The average Bonchev–Trinajstić information content (AvgIpc) is 2.84. The Morgan fingerprint density at radius 3 is 2.83 bits per heavy atom. The zero-order valence-electron chi connectivity index (χ0n) is 9.90. The van der Waals surface area contributed by atoms with Crippen molar-refractivity contribution in [1.29, 1.82) is 0 Å². The Kier molecular flexibility index (Phi) is 4.40. The summed E-state index contributed by atoms with van der Waals surface area (Å²) in [6.07, 6.45) is 4.67. The zero-order chi connectivity index (χ0) is 12.6.